The predicted molar refractivity (Wildman–Crippen MR) is 36.0 cm³/mol. The second-order valence-electron chi connectivity index (χ2n) is 2.48. The van der Waals surface area contributed by atoms with Gasteiger partial charge in [0.25, 0.3) is 0 Å². The molecule has 0 spiro atoms. The van der Waals surface area contributed by atoms with Crippen LogP contribution in [0.25, 0.3) is 0 Å². The third-order valence-corrected chi connectivity index (χ3v) is 1.79. The quantitative estimate of drug-likeness (QED) is 0.545. The molecule has 10 heavy (non-hydrogen) atoms. The molecule has 0 unspecified atom stereocenters. The Hall–Kier alpha value is -1.05. The van der Waals surface area contributed by atoms with Gasteiger partial charge in [-0.15, -0.1) is 0 Å². The summed E-state index contributed by atoms with van der Waals surface area (Å²) in [4.78, 5) is 11.2. The van der Waals surface area contributed by atoms with Crippen molar-refractivity contribution in [3.8, 4) is 0 Å². The van der Waals surface area contributed by atoms with E-state index in [0.717, 1.165) is 12.8 Å². The van der Waals surface area contributed by atoms with Gasteiger partial charge < -0.3 is 4.42 Å². The van der Waals surface area contributed by atoms with Crippen LogP contribution in [0.3, 0.4) is 0 Å². The van der Waals surface area contributed by atoms with Gasteiger partial charge in [-0.05, 0) is 12.5 Å². The monoisotopic (exact) mass is 137 g/mol. The number of fused-ring (bicyclic) bond motifs is 1. The minimum atomic E-state index is 0.102. The number of aryl methyl sites for hydroxylation is 1. The van der Waals surface area contributed by atoms with Crippen LogP contribution >= 0.6 is 0 Å². The second-order valence-corrected chi connectivity index (χ2v) is 2.48. The van der Waals surface area contributed by atoms with E-state index in [-0.39, 0.29) is 12.0 Å². The van der Waals surface area contributed by atoms with E-state index in [0.29, 0.717) is 17.7 Å². The summed E-state index contributed by atoms with van der Waals surface area (Å²) in [6.45, 7) is 0. The lowest BCUT2D eigenvalue weighted by atomic mass is 9.98. The van der Waals surface area contributed by atoms with Gasteiger partial charge in [0.15, 0.2) is 5.78 Å². The molecule has 0 saturated carbocycles. The Balaban J connectivity index is 2.52. The van der Waals surface area contributed by atoms with Gasteiger partial charge in [0, 0.05) is 12.8 Å². The molecule has 52 valence electrons. The van der Waals surface area contributed by atoms with Crippen LogP contribution in [0.1, 0.15) is 30.3 Å². The van der Waals surface area contributed by atoms with Crippen LogP contribution in [-0.2, 0) is 6.42 Å². The lowest BCUT2D eigenvalue weighted by molar-refractivity contribution is 0.0969. The lowest BCUT2D eigenvalue weighted by Gasteiger charge is -2.06. The molecule has 1 aromatic heterocycles. The predicted octanol–water partition coefficient (Wildman–Crippen LogP) is 1.80. The Kier molecular flexibility index (Phi) is 0.931. The highest BCUT2D eigenvalue weighted by Gasteiger charge is 2.18. The van der Waals surface area contributed by atoms with Crippen molar-refractivity contribution in [3.05, 3.63) is 23.6 Å². The van der Waals surface area contributed by atoms with Crippen LogP contribution in [0.4, 0.5) is 0 Å². The average molecular weight is 137 g/mol. The van der Waals surface area contributed by atoms with Crippen molar-refractivity contribution in [1.82, 2.24) is 0 Å². The maximum atomic E-state index is 11.2. The maximum Gasteiger partial charge on any atom is 0.166 e. The summed E-state index contributed by atoms with van der Waals surface area (Å²) in [7, 11) is 0. The summed E-state index contributed by atoms with van der Waals surface area (Å²) in [5.41, 5.74) is 0.626. The van der Waals surface area contributed by atoms with Gasteiger partial charge in [-0.3, -0.25) is 4.79 Å². The van der Waals surface area contributed by atoms with Crippen LogP contribution in [0, 0.1) is 0 Å². The Labute approximate surface area is 60.2 Å². The third kappa shape index (κ3) is 0.685. The van der Waals surface area contributed by atoms with Gasteiger partial charge >= 0.3 is 0 Å². The fourth-order valence-electron chi connectivity index (χ4n) is 1.26. The van der Waals surface area contributed by atoms with E-state index in [1.165, 1.54) is 6.07 Å². The first-order valence-corrected chi connectivity index (χ1v) is 3.40. The van der Waals surface area contributed by atoms with Crippen molar-refractivity contribution in [1.29, 1.82) is 0 Å². The molecule has 0 saturated heterocycles. The van der Waals surface area contributed by atoms with Crippen molar-refractivity contribution in [2.24, 2.45) is 0 Å². The first kappa shape index (κ1) is 4.72. The summed E-state index contributed by atoms with van der Waals surface area (Å²) >= 11 is 0. The molecule has 0 N–H and O–H groups in total. The zero-order chi connectivity index (χ0) is 7.84. The molecule has 0 fully saturated rings. The summed E-state index contributed by atoms with van der Waals surface area (Å²) in [6, 6.07) is 1.51. The Bertz CT molecular complexity index is 301. The largest absolute Gasteiger partial charge is 0.469 e. The van der Waals surface area contributed by atoms with Gasteiger partial charge in [0.1, 0.15) is 7.13 Å². The van der Waals surface area contributed by atoms with Crippen LogP contribution in [0.5, 0.6) is 0 Å². The molecule has 0 amide bonds. The van der Waals surface area contributed by atoms with Gasteiger partial charge in [0.05, 0.1) is 11.8 Å². The topological polar surface area (TPSA) is 30.2 Å². The number of Topliss-reactive ketones (excluding diaryl/α,β-unsaturated/α-hetero) is 1. The van der Waals surface area contributed by atoms with E-state index in [4.69, 9.17) is 5.79 Å². The smallest absolute Gasteiger partial charge is 0.166 e. The highest BCUT2D eigenvalue weighted by molar-refractivity contribution is 5.97. The normalized spacial score (nSPS) is 18.4. The molecule has 2 nitrogen and oxygen atoms in total. The fraction of sp³-hybridized carbons (Fsp3) is 0.375. The summed E-state index contributed by atoms with van der Waals surface area (Å²) in [5.74, 6) is 0.819. The number of hydrogen-bond acceptors (Lipinski definition) is 2. The van der Waals surface area contributed by atoms with Crippen LogP contribution in [0.2, 0.25) is 0 Å². The van der Waals surface area contributed by atoms with Crippen molar-refractivity contribution in [2.45, 2.75) is 19.3 Å². The number of carbonyl (C=O) groups excluding carboxylic acids is 1. The number of ketones is 1. The SMILES string of the molecule is [2H]c1cc2c(o1)CCCC2=O. The lowest BCUT2D eigenvalue weighted by Crippen LogP contribution is -2.07. The molecule has 0 atom stereocenters. The Morgan fingerprint density at radius 2 is 2.50 bits per heavy atom. The zero-order valence-corrected chi connectivity index (χ0v) is 5.52. The van der Waals surface area contributed by atoms with E-state index < -0.39 is 0 Å². The standard InChI is InChI=1S/C8H8O2/c9-7-2-1-3-8-6(7)4-5-10-8/h4-5H,1-3H2/i5D. The molecule has 1 aliphatic rings. The van der Waals surface area contributed by atoms with Crippen LogP contribution in [-0.4, -0.2) is 5.78 Å². The fourth-order valence-corrected chi connectivity index (χ4v) is 1.26. The van der Waals surface area contributed by atoms with Crippen molar-refractivity contribution in [3.63, 3.8) is 0 Å². The molecule has 0 aliphatic heterocycles. The van der Waals surface area contributed by atoms with Gasteiger partial charge in [-0.2, -0.15) is 0 Å². The molecule has 0 radical (unpaired) electrons. The van der Waals surface area contributed by atoms with E-state index in [1.807, 2.05) is 0 Å². The van der Waals surface area contributed by atoms with Gasteiger partial charge in [-0.25, -0.2) is 0 Å². The number of furan rings is 1. The molecule has 1 heterocycles. The Morgan fingerprint density at radius 3 is 3.30 bits per heavy atom. The van der Waals surface area contributed by atoms with Crippen LogP contribution < -0.4 is 0 Å². The summed E-state index contributed by atoms with van der Waals surface area (Å²) in [6.07, 6.45) is 2.37. The van der Waals surface area contributed by atoms with Crippen molar-refractivity contribution >= 4 is 5.78 Å². The van der Waals surface area contributed by atoms with E-state index in [2.05, 4.69) is 0 Å². The first-order chi connectivity index (χ1) is 5.27. The number of carbonyl (C=O) groups is 1. The molecular weight excluding hydrogens is 128 g/mol. The third-order valence-electron chi connectivity index (χ3n) is 1.79. The molecule has 1 aliphatic carbocycles. The van der Waals surface area contributed by atoms with Gasteiger partial charge in [-0.1, -0.05) is 0 Å². The minimum Gasteiger partial charge on any atom is -0.469 e. The van der Waals surface area contributed by atoms with E-state index in [9.17, 15) is 4.79 Å². The minimum absolute atomic E-state index is 0.102. The zero-order valence-electron chi connectivity index (χ0n) is 6.52. The molecule has 0 bridgehead atoms. The summed E-state index contributed by atoms with van der Waals surface area (Å²) < 4.78 is 12.2. The number of hydrogen-bond donors (Lipinski definition) is 0. The molecule has 1 aromatic rings. The molecule has 2 rings (SSSR count). The first-order valence-electron chi connectivity index (χ1n) is 3.90. The summed E-state index contributed by atoms with van der Waals surface area (Å²) in [5, 5.41) is 0. The number of rotatable bonds is 0. The highest BCUT2D eigenvalue weighted by Crippen LogP contribution is 2.21. The molecule has 2 heteroatoms. The molecular formula is C8H8O2. The molecule has 0 aromatic carbocycles. The van der Waals surface area contributed by atoms with Crippen molar-refractivity contribution in [2.75, 3.05) is 0 Å². The average Bonchev–Trinajstić information content (AvgIpc) is 2.31. The van der Waals surface area contributed by atoms with E-state index >= 15 is 0 Å². The Morgan fingerprint density at radius 1 is 1.60 bits per heavy atom. The van der Waals surface area contributed by atoms with E-state index in [1.54, 1.807) is 0 Å². The van der Waals surface area contributed by atoms with Gasteiger partial charge in [0.2, 0.25) is 0 Å². The van der Waals surface area contributed by atoms with Crippen LogP contribution in [0.15, 0.2) is 16.7 Å². The second kappa shape index (κ2) is 1.97. The van der Waals surface area contributed by atoms with Crippen molar-refractivity contribution < 1.29 is 10.6 Å². The maximum absolute atomic E-state index is 11.2. The highest BCUT2D eigenvalue weighted by atomic mass is 16.3.